The van der Waals surface area contributed by atoms with Crippen molar-refractivity contribution >= 4 is 16.1 Å². The summed E-state index contributed by atoms with van der Waals surface area (Å²) in [6.45, 7) is 0.784. The van der Waals surface area contributed by atoms with E-state index in [9.17, 15) is 17.6 Å². The molecule has 0 bridgehead atoms. The molecule has 2 N–H and O–H groups in total. The van der Waals surface area contributed by atoms with Crippen LogP contribution in [-0.4, -0.2) is 50.9 Å². The van der Waals surface area contributed by atoms with Crippen LogP contribution in [0.25, 0.3) is 0 Å². The van der Waals surface area contributed by atoms with Crippen molar-refractivity contribution in [2.24, 2.45) is 0 Å². The van der Waals surface area contributed by atoms with Gasteiger partial charge in [-0.05, 0) is 54.4 Å². The van der Waals surface area contributed by atoms with Crippen molar-refractivity contribution in [1.29, 1.82) is 0 Å². The van der Waals surface area contributed by atoms with Crippen molar-refractivity contribution in [3.05, 3.63) is 83.7 Å². The molecule has 1 aliphatic heterocycles. The molecular weight excluding hydrogens is 507 g/mol. The summed E-state index contributed by atoms with van der Waals surface area (Å²) in [7, 11) is -2.74. The van der Waals surface area contributed by atoms with E-state index in [2.05, 4.69) is 0 Å². The van der Waals surface area contributed by atoms with Crippen LogP contribution in [0.5, 0.6) is 17.2 Å². The molecule has 3 aromatic carbocycles. The molecule has 196 valence electrons. The maximum atomic E-state index is 14.9. The number of hydrogen-bond acceptors (Lipinski definition) is 8. The first-order valence-electron chi connectivity index (χ1n) is 11.2. The zero-order valence-electron chi connectivity index (χ0n) is 19.8. The topological polar surface area (TPSA) is 124 Å². The predicted octanol–water partition coefficient (Wildman–Crippen LogP) is 4.00. The largest absolute Gasteiger partial charge is 0.491 e. The predicted molar refractivity (Wildman–Crippen MR) is 128 cm³/mol. The van der Waals surface area contributed by atoms with Crippen LogP contribution in [0.4, 0.5) is 9.18 Å². The Hall–Kier alpha value is -3.71. The monoisotopic (exact) mass is 532 g/mol. The third-order valence-corrected chi connectivity index (χ3v) is 7.45. The molecule has 0 saturated carbocycles. The summed E-state index contributed by atoms with van der Waals surface area (Å²) in [6, 6.07) is 16.6. The zero-order chi connectivity index (χ0) is 26.4. The number of amides is 1. The van der Waals surface area contributed by atoms with Crippen LogP contribution in [-0.2, 0) is 25.9 Å². The van der Waals surface area contributed by atoms with Crippen LogP contribution < -0.4 is 15.0 Å². The molecule has 1 heterocycles. The lowest BCUT2D eigenvalue weighted by Gasteiger charge is -2.35. The highest BCUT2D eigenvalue weighted by atomic mass is 32.2. The van der Waals surface area contributed by atoms with Gasteiger partial charge in [-0.15, -0.1) is 0 Å². The zero-order valence-corrected chi connectivity index (χ0v) is 20.6. The number of ether oxygens (including phenoxy) is 4. The number of carbonyl (C=O) groups is 1. The van der Waals surface area contributed by atoms with Gasteiger partial charge in [0.25, 0.3) is 0 Å². The third-order valence-electron chi connectivity index (χ3n) is 5.61. The maximum Gasteiger partial charge on any atom is 0.432 e. The van der Waals surface area contributed by atoms with Gasteiger partial charge in [-0.25, -0.2) is 23.1 Å². The van der Waals surface area contributed by atoms with Crippen molar-refractivity contribution in [2.75, 3.05) is 26.9 Å². The van der Waals surface area contributed by atoms with Gasteiger partial charge < -0.3 is 18.9 Å². The number of methoxy groups -OCH3 is 1. The van der Waals surface area contributed by atoms with Gasteiger partial charge in [-0.1, -0.05) is 24.3 Å². The average molecular weight is 533 g/mol. The van der Waals surface area contributed by atoms with Crippen LogP contribution in [0.2, 0.25) is 0 Å². The molecule has 4 rings (SSSR count). The smallest absolute Gasteiger partial charge is 0.432 e. The second-order valence-corrected chi connectivity index (χ2v) is 9.83. The first kappa shape index (κ1) is 26.4. The summed E-state index contributed by atoms with van der Waals surface area (Å²) >= 11 is 0. The van der Waals surface area contributed by atoms with E-state index in [0.29, 0.717) is 36.7 Å². The van der Waals surface area contributed by atoms with Crippen molar-refractivity contribution < 1.29 is 41.8 Å². The van der Waals surface area contributed by atoms with E-state index in [4.69, 9.17) is 24.2 Å². The number of benzene rings is 3. The fourth-order valence-corrected chi connectivity index (χ4v) is 5.34. The lowest BCUT2D eigenvalue weighted by molar-refractivity contribution is 0.00235. The van der Waals surface area contributed by atoms with E-state index in [0.717, 1.165) is 15.9 Å². The lowest BCUT2D eigenvalue weighted by atomic mass is 10.00. The SMILES string of the molecule is COCCOc1ccc(Oc2ccc(S(=O)(=O)N3CCc4ccccc4[C@H]3OC(=O)NO)cc2F)cc1. The molecule has 0 aliphatic carbocycles. The normalized spacial score (nSPS) is 15.5. The Morgan fingerprint density at radius 2 is 1.81 bits per heavy atom. The molecular formula is C25H25FN2O8S. The van der Waals surface area contributed by atoms with Gasteiger partial charge in [0.2, 0.25) is 10.0 Å². The summed E-state index contributed by atoms with van der Waals surface area (Å²) in [5, 5.41) is 8.90. The van der Waals surface area contributed by atoms with E-state index < -0.39 is 28.2 Å². The average Bonchev–Trinajstić information content (AvgIpc) is 2.90. The van der Waals surface area contributed by atoms with Crippen LogP contribution in [0.15, 0.2) is 71.6 Å². The van der Waals surface area contributed by atoms with E-state index in [1.54, 1.807) is 55.6 Å². The minimum atomic E-state index is -4.31. The Morgan fingerprint density at radius 1 is 1.08 bits per heavy atom. The molecule has 1 aliphatic rings. The van der Waals surface area contributed by atoms with E-state index in [1.807, 2.05) is 0 Å². The first-order chi connectivity index (χ1) is 17.8. The molecule has 10 nitrogen and oxygen atoms in total. The Bertz CT molecular complexity index is 1350. The number of fused-ring (bicyclic) bond motifs is 1. The number of sulfonamides is 1. The number of rotatable bonds is 9. The Morgan fingerprint density at radius 3 is 2.51 bits per heavy atom. The van der Waals surface area contributed by atoms with Gasteiger partial charge in [0.15, 0.2) is 17.8 Å². The molecule has 1 amide bonds. The Kier molecular flexibility index (Phi) is 8.24. The molecule has 0 unspecified atom stereocenters. The molecule has 0 radical (unpaired) electrons. The van der Waals surface area contributed by atoms with Crippen molar-refractivity contribution in [3.63, 3.8) is 0 Å². The second kappa shape index (κ2) is 11.6. The fraction of sp³-hybridized carbons (Fsp3) is 0.240. The number of halogens is 1. The molecule has 0 fully saturated rings. The maximum absolute atomic E-state index is 14.9. The highest BCUT2D eigenvalue weighted by molar-refractivity contribution is 7.89. The minimum Gasteiger partial charge on any atom is -0.491 e. The highest BCUT2D eigenvalue weighted by Crippen LogP contribution is 2.36. The lowest BCUT2D eigenvalue weighted by Crippen LogP contribution is -2.43. The van der Waals surface area contributed by atoms with Gasteiger partial charge >= 0.3 is 6.09 Å². The van der Waals surface area contributed by atoms with Gasteiger partial charge in [0.05, 0.1) is 11.5 Å². The summed E-state index contributed by atoms with van der Waals surface area (Å²) in [5.41, 5.74) is 2.57. The van der Waals surface area contributed by atoms with Crippen molar-refractivity contribution in [3.8, 4) is 17.2 Å². The number of nitrogens with one attached hydrogen (secondary N) is 1. The number of hydroxylamine groups is 1. The number of hydrogen-bond donors (Lipinski definition) is 2. The van der Waals surface area contributed by atoms with Gasteiger partial charge in [-0.3, -0.25) is 5.21 Å². The molecule has 0 spiro atoms. The first-order valence-corrected chi connectivity index (χ1v) is 12.7. The highest BCUT2D eigenvalue weighted by Gasteiger charge is 2.39. The van der Waals surface area contributed by atoms with E-state index in [1.165, 1.54) is 17.6 Å². The van der Waals surface area contributed by atoms with Crippen molar-refractivity contribution in [1.82, 2.24) is 9.79 Å². The van der Waals surface area contributed by atoms with Crippen LogP contribution in [0.1, 0.15) is 17.4 Å². The molecule has 1 atom stereocenters. The molecule has 12 heteroatoms. The summed E-state index contributed by atoms with van der Waals surface area (Å²) < 4.78 is 64.0. The molecule has 37 heavy (non-hydrogen) atoms. The van der Waals surface area contributed by atoms with Crippen LogP contribution in [0.3, 0.4) is 0 Å². The number of nitrogens with zero attached hydrogens (tertiary/aromatic N) is 1. The molecule has 0 aromatic heterocycles. The van der Waals surface area contributed by atoms with Crippen LogP contribution in [0, 0.1) is 5.82 Å². The molecule has 3 aromatic rings. The third kappa shape index (κ3) is 6.00. The fourth-order valence-electron chi connectivity index (χ4n) is 3.84. The summed E-state index contributed by atoms with van der Waals surface area (Å²) in [4.78, 5) is 11.4. The minimum absolute atomic E-state index is 0.0264. The van der Waals surface area contributed by atoms with Crippen LogP contribution >= 0.6 is 0 Å². The van der Waals surface area contributed by atoms with E-state index in [-0.39, 0.29) is 17.2 Å². The van der Waals surface area contributed by atoms with E-state index >= 15 is 0 Å². The summed E-state index contributed by atoms with van der Waals surface area (Å²) in [6.07, 6.45) is -2.23. The van der Waals surface area contributed by atoms with Crippen molar-refractivity contribution in [2.45, 2.75) is 17.5 Å². The number of carbonyl (C=O) groups excluding carboxylic acids is 1. The Balaban J connectivity index is 1.55. The quantitative estimate of drug-likeness (QED) is 0.241. The van der Waals surface area contributed by atoms with Gasteiger partial charge in [-0.2, -0.15) is 4.31 Å². The second-order valence-electron chi connectivity index (χ2n) is 7.94. The Labute approximate surface area is 213 Å². The summed E-state index contributed by atoms with van der Waals surface area (Å²) in [5.74, 6) is -0.168. The molecule has 0 saturated heterocycles. The van der Waals surface area contributed by atoms with Gasteiger partial charge in [0.1, 0.15) is 18.1 Å². The standard InChI is InChI=1S/C25H25FN2O8S/c1-33-14-15-34-18-6-8-19(9-7-18)35-23-11-10-20(16-22(23)26)37(31,32)28-13-12-17-4-2-3-5-21(17)24(28)36-25(29)27-30/h2-11,16,24,30H,12-15H2,1H3,(H,27,29)/t24-/m1/s1. The van der Waals surface area contributed by atoms with Gasteiger partial charge in [0, 0.05) is 19.2 Å².